The lowest BCUT2D eigenvalue weighted by Crippen LogP contribution is -2.60. The molecule has 30 heavy (non-hydrogen) atoms. The van der Waals surface area contributed by atoms with Crippen LogP contribution in [0.15, 0.2) is 29.8 Å². The summed E-state index contributed by atoms with van der Waals surface area (Å²) < 4.78 is 16.6. The van der Waals surface area contributed by atoms with Crippen LogP contribution in [-0.2, 0) is 4.79 Å². The van der Waals surface area contributed by atoms with Crippen LogP contribution in [0.4, 0.5) is 0 Å². The number of piperidine rings is 3. The fraction of sp³-hybridized carbons (Fsp3) is 0.625. The van der Waals surface area contributed by atoms with Gasteiger partial charge in [0.25, 0.3) is 5.91 Å². The van der Waals surface area contributed by atoms with Crippen LogP contribution in [0.5, 0.6) is 17.2 Å². The van der Waals surface area contributed by atoms with Crippen LogP contribution in [0.2, 0.25) is 0 Å². The molecule has 1 aromatic carbocycles. The summed E-state index contributed by atoms with van der Waals surface area (Å²) in [5.41, 5.74) is 1.52. The second-order valence-electron chi connectivity index (χ2n) is 9.40. The average Bonchev–Trinajstić information content (AvgIpc) is 3.25. The molecule has 0 N–H and O–H groups in total. The van der Waals surface area contributed by atoms with Crippen LogP contribution in [0.1, 0.15) is 38.5 Å². The maximum atomic E-state index is 13.2. The van der Waals surface area contributed by atoms with E-state index in [1.54, 1.807) is 6.07 Å². The first kappa shape index (κ1) is 18.6. The second kappa shape index (κ2) is 7.49. The molecule has 2 bridgehead atoms. The van der Waals surface area contributed by atoms with Gasteiger partial charge in [-0.3, -0.25) is 9.69 Å². The van der Waals surface area contributed by atoms with Crippen LogP contribution in [0, 0.1) is 11.8 Å². The highest BCUT2D eigenvalue weighted by Crippen LogP contribution is 2.45. The van der Waals surface area contributed by atoms with Crippen molar-refractivity contribution >= 4 is 5.91 Å². The Morgan fingerprint density at radius 2 is 2.07 bits per heavy atom. The minimum atomic E-state index is 0.0753. The lowest BCUT2D eigenvalue weighted by molar-refractivity contribution is -0.138. The number of nitrogens with zero attached hydrogens (tertiary/aromatic N) is 2. The molecule has 6 heteroatoms. The van der Waals surface area contributed by atoms with Gasteiger partial charge in [0.15, 0.2) is 18.1 Å². The fourth-order valence-corrected chi connectivity index (χ4v) is 6.45. The second-order valence-corrected chi connectivity index (χ2v) is 9.40. The third-order valence-electron chi connectivity index (χ3n) is 7.68. The molecule has 1 aliphatic carbocycles. The van der Waals surface area contributed by atoms with Gasteiger partial charge >= 0.3 is 0 Å². The quantitative estimate of drug-likeness (QED) is 0.717. The molecule has 4 aliphatic heterocycles. The molecule has 0 saturated carbocycles. The van der Waals surface area contributed by atoms with Gasteiger partial charge in [-0.05, 0) is 62.6 Å². The van der Waals surface area contributed by atoms with Crippen molar-refractivity contribution in [3.05, 3.63) is 29.8 Å². The summed E-state index contributed by atoms with van der Waals surface area (Å²) in [7, 11) is 0. The number of carbonyl (C=O) groups is 1. The standard InChI is InChI=1S/C24H30N2O4/c27-23(14-28-19-6-7-21-22(12-19)30-15-29-21)26-9-3-4-16-10-17-11-18(24(16)26)13-25-8-2-1-5-20(17)25/h6-7,10,12,17-18,20,24H,1-5,8-9,11,13-15H2/t17-,18+,20-,24-/m1/s1. The zero-order valence-corrected chi connectivity index (χ0v) is 17.4. The van der Waals surface area contributed by atoms with Gasteiger partial charge in [-0.2, -0.15) is 0 Å². The fourth-order valence-electron chi connectivity index (χ4n) is 6.45. The molecular weight excluding hydrogens is 380 g/mol. The topological polar surface area (TPSA) is 51.2 Å². The van der Waals surface area contributed by atoms with Crippen molar-refractivity contribution in [3.8, 4) is 17.2 Å². The summed E-state index contributed by atoms with van der Waals surface area (Å²) in [6.45, 7) is 3.54. The molecule has 0 unspecified atom stereocenters. The number of hydrogen-bond acceptors (Lipinski definition) is 5. The van der Waals surface area contributed by atoms with E-state index in [9.17, 15) is 4.79 Å². The summed E-state index contributed by atoms with van der Waals surface area (Å²) in [5.74, 6) is 3.42. The van der Waals surface area contributed by atoms with Gasteiger partial charge in [0.2, 0.25) is 6.79 Å². The first-order chi connectivity index (χ1) is 14.8. The first-order valence-corrected chi connectivity index (χ1v) is 11.5. The summed E-state index contributed by atoms with van der Waals surface area (Å²) in [6, 6.07) is 6.49. The number of fused-ring (bicyclic) bond motifs is 7. The average molecular weight is 411 g/mol. The van der Waals surface area contributed by atoms with Gasteiger partial charge in [0, 0.05) is 25.2 Å². The largest absolute Gasteiger partial charge is 0.484 e. The Kier molecular flexibility index (Phi) is 4.63. The van der Waals surface area contributed by atoms with Crippen LogP contribution >= 0.6 is 0 Å². The Balaban J connectivity index is 1.17. The van der Waals surface area contributed by atoms with E-state index < -0.39 is 0 Å². The van der Waals surface area contributed by atoms with E-state index in [4.69, 9.17) is 14.2 Å². The molecule has 6 nitrogen and oxygen atoms in total. The summed E-state index contributed by atoms with van der Waals surface area (Å²) in [5, 5.41) is 0. The Hall–Kier alpha value is -2.21. The number of likely N-dealkylation sites (tertiary alicyclic amines) is 1. The van der Waals surface area contributed by atoms with Crippen molar-refractivity contribution in [1.29, 1.82) is 0 Å². The third kappa shape index (κ3) is 3.16. The van der Waals surface area contributed by atoms with Crippen LogP contribution in [0.3, 0.4) is 0 Å². The molecule has 4 atom stereocenters. The van der Waals surface area contributed by atoms with Crippen LogP contribution < -0.4 is 14.2 Å². The lowest BCUT2D eigenvalue weighted by atomic mass is 9.68. The number of amides is 1. The molecule has 3 saturated heterocycles. The van der Waals surface area contributed by atoms with Gasteiger partial charge in [-0.1, -0.05) is 18.1 Å². The maximum Gasteiger partial charge on any atom is 0.261 e. The molecule has 0 aromatic heterocycles. The maximum absolute atomic E-state index is 13.2. The Morgan fingerprint density at radius 1 is 1.13 bits per heavy atom. The smallest absolute Gasteiger partial charge is 0.261 e. The highest BCUT2D eigenvalue weighted by Gasteiger charge is 2.46. The van der Waals surface area contributed by atoms with Gasteiger partial charge in [-0.25, -0.2) is 0 Å². The highest BCUT2D eigenvalue weighted by molar-refractivity contribution is 5.79. The summed E-state index contributed by atoms with van der Waals surface area (Å²) >= 11 is 0. The first-order valence-electron chi connectivity index (χ1n) is 11.5. The zero-order chi connectivity index (χ0) is 20.1. The minimum Gasteiger partial charge on any atom is -0.484 e. The molecule has 5 aliphatic rings. The molecule has 6 rings (SSSR count). The van der Waals surface area contributed by atoms with E-state index in [1.807, 2.05) is 12.1 Å². The molecule has 0 spiro atoms. The molecule has 4 heterocycles. The van der Waals surface area contributed by atoms with Crippen molar-refractivity contribution in [2.45, 2.75) is 50.6 Å². The van der Waals surface area contributed by atoms with E-state index in [-0.39, 0.29) is 25.3 Å². The number of rotatable bonds is 3. The number of ether oxygens (including phenoxy) is 3. The van der Waals surface area contributed by atoms with Crippen LogP contribution in [0.25, 0.3) is 0 Å². The van der Waals surface area contributed by atoms with Crippen molar-refractivity contribution in [2.24, 2.45) is 11.8 Å². The normalized spacial score (nSPS) is 32.1. The SMILES string of the molecule is O=C(COc1ccc2c(c1)OCO2)N1CCCC2=C[C@@H]3C[C@@H](CN4CCCC[C@H]34)[C@@H]21. The van der Waals surface area contributed by atoms with Gasteiger partial charge in [0.05, 0.1) is 6.04 Å². The Labute approximate surface area is 177 Å². The third-order valence-corrected chi connectivity index (χ3v) is 7.68. The Morgan fingerprint density at radius 3 is 3.03 bits per heavy atom. The van der Waals surface area contributed by atoms with Crippen molar-refractivity contribution in [1.82, 2.24) is 9.80 Å². The van der Waals surface area contributed by atoms with Crippen LogP contribution in [-0.4, -0.2) is 60.8 Å². The van der Waals surface area contributed by atoms with Crippen molar-refractivity contribution in [2.75, 3.05) is 33.0 Å². The van der Waals surface area contributed by atoms with Crippen molar-refractivity contribution < 1.29 is 19.0 Å². The van der Waals surface area contributed by atoms with Gasteiger partial charge < -0.3 is 19.1 Å². The van der Waals surface area contributed by atoms with E-state index in [0.717, 1.165) is 37.7 Å². The lowest BCUT2D eigenvalue weighted by Gasteiger charge is -2.54. The predicted octanol–water partition coefficient (Wildman–Crippen LogP) is 3.22. The molecule has 1 amide bonds. The van der Waals surface area contributed by atoms with E-state index in [2.05, 4.69) is 15.9 Å². The minimum absolute atomic E-state index is 0.0753. The molecular formula is C24H30N2O4. The van der Waals surface area contributed by atoms with E-state index >= 15 is 0 Å². The molecule has 0 radical (unpaired) electrons. The zero-order valence-electron chi connectivity index (χ0n) is 17.4. The van der Waals surface area contributed by atoms with E-state index in [0.29, 0.717) is 23.3 Å². The van der Waals surface area contributed by atoms with Gasteiger partial charge in [-0.15, -0.1) is 0 Å². The van der Waals surface area contributed by atoms with E-state index in [1.165, 1.54) is 37.8 Å². The molecule has 1 aromatic rings. The molecule has 3 fully saturated rings. The molecule has 160 valence electrons. The monoisotopic (exact) mass is 410 g/mol. The number of carbonyl (C=O) groups excluding carboxylic acids is 1. The van der Waals surface area contributed by atoms with Gasteiger partial charge in [0.1, 0.15) is 5.75 Å². The Bertz CT molecular complexity index is 869. The predicted molar refractivity (Wildman–Crippen MR) is 112 cm³/mol. The highest BCUT2D eigenvalue weighted by atomic mass is 16.7. The summed E-state index contributed by atoms with van der Waals surface area (Å²) in [6.07, 6.45) is 10.0. The van der Waals surface area contributed by atoms with Crippen molar-refractivity contribution in [3.63, 3.8) is 0 Å². The number of benzene rings is 1. The number of hydrogen-bond donors (Lipinski definition) is 0. The summed E-state index contributed by atoms with van der Waals surface area (Å²) in [4.78, 5) is 18.0.